The fourth-order valence-corrected chi connectivity index (χ4v) is 4.18. The van der Waals surface area contributed by atoms with Crippen LogP contribution in [0.4, 0.5) is 23.1 Å². The molecule has 0 aliphatic carbocycles. The van der Waals surface area contributed by atoms with Gasteiger partial charge in [0.2, 0.25) is 5.95 Å². The van der Waals surface area contributed by atoms with Crippen LogP contribution in [-0.4, -0.2) is 69.9 Å². The second-order valence-corrected chi connectivity index (χ2v) is 8.25. The number of nitro benzene ring substituents is 2. The summed E-state index contributed by atoms with van der Waals surface area (Å²) in [6.07, 6.45) is 3.48. The van der Waals surface area contributed by atoms with Crippen molar-refractivity contribution in [1.82, 2.24) is 14.9 Å². The first-order valence-electron chi connectivity index (χ1n) is 10.9. The zero-order valence-electron chi connectivity index (χ0n) is 18.3. The number of hydrogen-bond donors (Lipinski definition) is 0. The Kier molecular flexibility index (Phi) is 6.33. The standard InChI is InChI=1S/C21H25N7O5/c1-15-11-19(23-21(22-15)26-5-3-2-4-6-26)24-7-9-25(10-8-24)20(29)16-12-17(27(30)31)14-18(13-16)28(32)33/h11-14H,2-10H2,1H3. The summed E-state index contributed by atoms with van der Waals surface area (Å²) < 4.78 is 0. The zero-order chi connectivity index (χ0) is 23.5. The summed E-state index contributed by atoms with van der Waals surface area (Å²) >= 11 is 0. The summed E-state index contributed by atoms with van der Waals surface area (Å²) in [5.41, 5.74) is -0.140. The Balaban J connectivity index is 1.47. The highest BCUT2D eigenvalue weighted by Crippen LogP contribution is 2.25. The van der Waals surface area contributed by atoms with E-state index in [0.717, 1.165) is 61.6 Å². The van der Waals surface area contributed by atoms with Gasteiger partial charge in [0.1, 0.15) is 5.82 Å². The molecule has 2 aliphatic heterocycles. The summed E-state index contributed by atoms with van der Waals surface area (Å²) in [5, 5.41) is 22.3. The molecule has 1 aromatic carbocycles. The second-order valence-electron chi connectivity index (χ2n) is 8.25. The van der Waals surface area contributed by atoms with E-state index in [1.54, 1.807) is 4.90 Å². The molecule has 12 nitrogen and oxygen atoms in total. The number of carbonyl (C=O) groups is 1. The molecule has 0 N–H and O–H groups in total. The Morgan fingerprint density at radius 2 is 1.42 bits per heavy atom. The van der Waals surface area contributed by atoms with E-state index in [1.807, 2.05) is 13.0 Å². The molecule has 12 heteroatoms. The zero-order valence-corrected chi connectivity index (χ0v) is 18.3. The molecule has 0 radical (unpaired) electrons. The molecule has 1 amide bonds. The van der Waals surface area contributed by atoms with Crippen LogP contribution in [0.15, 0.2) is 24.3 Å². The van der Waals surface area contributed by atoms with Crippen molar-refractivity contribution in [3.8, 4) is 0 Å². The van der Waals surface area contributed by atoms with Crippen molar-refractivity contribution in [3.05, 3.63) is 55.8 Å². The number of nitro groups is 2. The summed E-state index contributed by atoms with van der Waals surface area (Å²) in [6, 6.07) is 4.95. The molecule has 2 aromatic rings. The third-order valence-corrected chi connectivity index (χ3v) is 5.93. The van der Waals surface area contributed by atoms with Gasteiger partial charge in [-0.3, -0.25) is 25.0 Å². The average molecular weight is 455 g/mol. The normalized spacial score (nSPS) is 16.6. The number of aromatic nitrogens is 2. The summed E-state index contributed by atoms with van der Waals surface area (Å²) in [5.74, 6) is 1.07. The van der Waals surface area contributed by atoms with E-state index in [2.05, 4.69) is 14.8 Å². The molecule has 0 bridgehead atoms. The van der Waals surface area contributed by atoms with E-state index in [9.17, 15) is 25.0 Å². The molecule has 0 atom stereocenters. The van der Waals surface area contributed by atoms with Gasteiger partial charge in [0.15, 0.2) is 0 Å². The van der Waals surface area contributed by atoms with Crippen LogP contribution in [0.3, 0.4) is 0 Å². The second kappa shape index (κ2) is 9.35. The van der Waals surface area contributed by atoms with Crippen LogP contribution in [0, 0.1) is 27.2 Å². The lowest BCUT2D eigenvalue weighted by Crippen LogP contribution is -2.49. The number of amides is 1. The molecular weight excluding hydrogens is 430 g/mol. The van der Waals surface area contributed by atoms with Crippen LogP contribution in [0.1, 0.15) is 35.3 Å². The van der Waals surface area contributed by atoms with Crippen molar-refractivity contribution in [1.29, 1.82) is 0 Å². The molecule has 0 unspecified atom stereocenters. The number of carbonyl (C=O) groups excluding carboxylic acids is 1. The quantitative estimate of drug-likeness (QED) is 0.491. The van der Waals surface area contributed by atoms with Gasteiger partial charge in [0.25, 0.3) is 17.3 Å². The first-order valence-corrected chi connectivity index (χ1v) is 10.9. The Bertz CT molecular complexity index is 1050. The maximum Gasteiger partial charge on any atom is 0.277 e. The number of rotatable bonds is 5. The number of piperidine rings is 1. The van der Waals surface area contributed by atoms with Crippen molar-refractivity contribution in [2.24, 2.45) is 0 Å². The minimum absolute atomic E-state index is 0.0605. The van der Waals surface area contributed by atoms with Crippen LogP contribution in [0.5, 0.6) is 0 Å². The molecule has 2 saturated heterocycles. The fourth-order valence-electron chi connectivity index (χ4n) is 4.18. The van der Waals surface area contributed by atoms with E-state index < -0.39 is 27.1 Å². The maximum atomic E-state index is 12.9. The molecule has 0 spiro atoms. The van der Waals surface area contributed by atoms with Crippen molar-refractivity contribution in [2.45, 2.75) is 26.2 Å². The molecule has 1 aromatic heterocycles. The Morgan fingerprint density at radius 3 is 2.00 bits per heavy atom. The van der Waals surface area contributed by atoms with Crippen molar-refractivity contribution in [3.63, 3.8) is 0 Å². The molecule has 174 valence electrons. The van der Waals surface area contributed by atoms with E-state index in [0.29, 0.717) is 26.2 Å². The van der Waals surface area contributed by atoms with Gasteiger partial charge >= 0.3 is 0 Å². The SMILES string of the molecule is Cc1cc(N2CCN(C(=O)c3cc([N+](=O)[O-])cc([N+](=O)[O-])c3)CC2)nc(N2CCCCC2)n1. The number of aryl methyl sites for hydroxylation is 1. The molecule has 2 fully saturated rings. The minimum Gasteiger partial charge on any atom is -0.353 e. The van der Waals surface area contributed by atoms with Crippen LogP contribution >= 0.6 is 0 Å². The van der Waals surface area contributed by atoms with E-state index in [4.69, 9.17) is 4.98 Å². The lowest BCUT2D eigenvalue weighted by atomic mass is 10.1. The van der Waals surface area contributed by atoms with Gasteiger partial charge in [-0.2, -0.15) is 4.98 Å². The first-order chi connectivity index (χ1) is 15.8. The number of piperazine rings is 1. The lowest BCUT2D eigenvalue weighted by molar-refractivity contribution is -0.394. The average Bonchev–Trinajstić information content (AvgIpc) is 2.83. The highest BCUT2D eigenvalue weighted by Gasteiger charge is 2.27. The fraction of sp³-hybridized carbons (Fsp3) is 0.476. The molecule has 33 heavy (non-hydrogen) atoms. The van der Waals surface area contributed by atoms with Crippen molar-refractivity contribution >= 4 is 29.0 Å². The molecule has 3 heterocycles. The van der Waals surface area contributed by atoms with Crippen LogP contribution in [0.2, 0.25) is 0 Å². The van der Waals surface area contributed by atoms with Crippen LogP contribution in [-0.2, 0) is 0 Å². The highest BCUT2D eigenvalue weighted by atomic mass is 16.6. The number of nitrogens with zero attached hydrogens (tertiary/aromatic N) is 7. The first kappa shape index (κ1) is 22.4. The monoisotopic (exact) mass is 455 g/mol. The molecule has 4 rings (SSSR count). The molecular formula is C21H25N7O5. The van der Waals surface area contributed by atoms with Gasteiger partial charge in [-0.25, -0.2) is 4.98 Å². The number of anilines is 2. The summed E-state index contributed by atoms with van der Waals surface area (Å²) in [4.78, 5) is 48.9. The van der Waals surface area contributed by atoms with E-state index in [1.165, 1.54) is 6.42 Å². The van der Waals surface area contributed by atoms with Crippen LogP contribution < -0.4 is 9.80 Å². The number of hydrogen-bond acceptors (Lipinski definition) is 9. The number of non-ortho nitro benzene ring substituents is 2. The predicted octanol–water partition coefficient (Wildman–Crippen LogP) is 2.55. The number of benzene rings is 1. The van der Waals surface area contributed by atoms with Crippen molar-refractivity contribution < 1.29 is 14.6 Å². The molecule has 0 saturated carbocycles. The Labute approximate surface area is 190 Å². The Morgan fingerprint density at radius 1 is 0.818 bits per heavy atom. The summed E-state index contributed by atoms with van der Waals surface area (Å²) in [7, 11) is 0. The maximum absolute atomic E-state index is 12.9. The highest BCUT2D eigenvalue weighted by molar-refractivity contribution is 5.95. The summed E-state index contributed by atoms with van der Waals surface area (Å²) in [6.45, 7) is 5.63. The van der Waals surface area contributed by atoms with Crippen LogP contribution in [0.25, 0.3) is 0 Å². The van der Waals surface area contributed by atoms with Gasteiger partial charge in [-0.1, -0.05) is 0 Å². The minimum atomic E-state index is -0.737. The van der Waals surface area contributed by atoms with E-state index in [-0.39, 0.29) is 5.56 Å². The lowest BCUT2D eigenvalue weighted by Gasteiger charge is -2.36. The Hall–Kier alpha value is -3.83. The largest absolute Gasteiger partial charge is 0.353 e. The predicted molar refractivity (Wildman–Crippen MR) is 121 cm³/mol. The topological polar surface area (TPSA) is 139 Å². The smallest absolute Gasteiger partial charge is 0.277 e. The van der Waals surface area contributed by atoms with Gasteiger partial charge in [-0.05, 0) is 26.2 Å². The molecule has 2 aliphatic rings. The van der Waals surface area contributed by atoms with Gasteiger partial charge in [-0.15, -0.1) is 0 Å². The van der Waals surface area contributed by atoms with Gasteiger partial charge < -0.3 is 14.7 Å². The van der Waals surface area contributed by atoms with Gasteiger partial charge in [0.05, 0.1) is 21.5 Å². The third kappa shape index (κ3) is 4.99. The van der Waals surface area contributed by atoms with Gasteiger partial charge in [0, 0.05) is 63.2 Å². The third-order valence-electron chi connectivity index (χ3n) is 5.93. The van der Waals surface area contributed by atoms with Crippen molar-refractivity contribution in [2.75, 3.05) is 49.1 Å². The van der Waals surface area contributed by atoms with E-state index >= 15 is 0 Å².